The van der Waals surface area contributed by atoms with Gasteiger partial charge in [-0.1, -0.05) is 132 Å². The summed E-state index contributed by atoms with van der Waals surface area (Å²) in [5.41, 5.74) is -4.43. The third kappa shape index (κ3) is 38.6. The lowest BCUT2D eigenvalue weighted by atomic mass is 9.98. The fraction of sp³-hybridized carbons (Fsp3) is 0.684. The topological polar surface area (TPSA) is 360 Å². The van der Waals surface area contributed by atoms with Crippen LogP contribution in [0, 0.1) is 23.7 Å². The number of esters is 8. The second kappa shape index (κ2) is 54.8. The average Bonchev–Trinajstić information content (AvgIpc) is 0.801. The maximum absolute atomic E-state index is 12.9. The Hall–Kier alpha value is -7.92. The van der Waals surface area contributed by atoms with E-state index < -0.39 is 92.3 Å². The molecule has 0 fully saturated rings. The van der Waals surface area contributed by atoms with E-state index in [4.69, 9.17) is 37.9 Å². The van der Waals surface area contributed by atoms with Gasteiger partial charge in [0.15, 0.2) is 0 Å². The minimum absolute atomic E-state index is 0.0755. The van der Waals surface area contributed by atoms with Gasteiger partial charge in [0.25, 0.3) is 0 Å². The van der Waals surface area contributed by atoms with Crippen LogP contribution >= 0.6 is 0 Å². The number of aromatic carboxylic acids is 4. The predicted octanol–water partition coefficient (Wildman–Crippen LogP) is 16.1. The third-order valence-corrected chi connectivity index (χ3v) is 17.2. The second-order valence-corrected chi connectivity index (χ2v) is 25.3. The SMILES string of the molecule is CCCCC(CC)COC(=O)CCCCCOC(=O)c1cc(C(=O)O)c(C(=O)OCCCCCC(=O)OCC(CC)CCCC)cc1C(=O)O.CCCCC(CC)COC(=O)CCCCCOC(=O)c1cc(C(=O)OCCCCCC(=O)OCC(CC)CCCC)c(C(=O)O)cc1C(=O)O. The van der Waals surface area contributed by atoms with E-state index in [1.54, 1.807) is 0 Å². The van der Waals surface area contributed by atoms with Crippen molar-refractivity contribution in [3.05, 3.63) is 68.8 Å². The first kappa shape index (κ1) is 90.1. The van der Waals surface area contributed by atoms with Crippen molar-refractivity contribution >= 4 is 71.6 Å². The van der Waals surface area contributed by atoms with E-state index in [1.807, 2.05) is 0 Å². The normalized spacial score (nSPS) is 12.1. The van der Waals surface area contributed by atoms with Crippen molar-refractivity contribution in [1.29, 1.82) is 0 Å². The highest BCUT2D eigenvalue weighted by Crippen LogP contribution is 2.25. The van der Waals surface area contributed by atoms with E-state index in [2.05, 4.69) is 55.4 Å². The molecular formula is C76H116O24. The number of rotatable bonds is 56. The van der Waals surface area contributed by atoms with E-state index in [0.29, 0.717) is 127 Å². The number of carbonyl (C=O) groups excluding carboxylic acids is 8. The van der Waals surface area contributed by atoms with Crippen molar-refractivity contribution in [1.82, 2.24) is 0 Å². The highest BCUT2D eigenvalue weighted by molar-refractivity contribution is 6.11. The lowest BCUT2D eigenvalue weighted by Gasteiger charge is -2.14. The summed E-state index contributed by atoms with van der Waals surface area (Å²) in [7, 11) is 0. The molecule has 0 saturated heterocycles. The molecule has 0 aliphatic carbocycles. The van der Waals surface area contributed by atoms with Crippen LogP contribution in [0.15, 0.2) is 24.3 Å². The minimum Gasteiger partial charge on any atom is -0.478 e. The third-order valence-electron chi connectivity index (χ3n) is 17.2. The molecule has 2 aromatic carbocycles. The summed E-state index contributed by atoms with van der Waals surface area (Å²) in [6.45, 7) is 18.1. The van der Waals surface area contributed by atoms with Crippen molar-refractivity contribution in [2.75, 3.05) is 52.9 Å². The van der Waals surface area contributed by atoms with Gasteiger partial charge >= 0.3 is 71.6 Å². The zero-order chi connectivity index (χ0) is 74.6. The fourth-order valence-electron chi connectivity index (χ4n) is 10.5. The smallest absolute Gasteiger partial charge is 0.339 e. The largest absolute Gasteiger partial charge is 0.478 e. The summed E-state index contributed by atoms with van der Waals surface area (Å²) in [4.78, 5) is 147. The van der Waals surface area contributed by atoms with Crippen LogP contribution in [-0.2, 0) is 57.1 Å². The van der Waals surface area contributed by atoms with Gasteiger partial charge in [-0.05, 0) is 151 Å². The Morgan fingerprint density at radius 3 is 0.630 bits per heavy atom. The van der Waals surface area contributed by atoms with E-state index >= 15 is 0 Å². The summed E-state index contributed by atoms with van der Waals surface area (Å²) >= 11 is 0. The minimum atomic E-state index is -1.57. The van der Waals surface area contributed by atoms with E-state index in [-0.39, 0.29) is 76.0 Å². The van der Waals surface area contributed by atoms with Crippen LogP contribution in [0.5, 0.6) is 0 Å². The molecular weight excluding hydrogens is 1300 g/mol. The van der Waals surface area contributed by atoms with Crippen LogP contribution in [-0.4, -0.2) is 145 Å². The number of benzene rings is 2. The molecule has 4 N–H and O–H groups in total. The monoisotopic (exact) mass is 1410 g/mol. The number of ether oxygens (including phenoxy) is 8. The number of unbranched alkanes of at least 4 members (excludes halogenated alkanes) is 12. The van der Waals surface area contributed by atoms with Crippen LogP contribution in [0.1, 0.15) is 344 Å². The van der Waals surface area contributed by atoms with Crippen LogP contribution in [0.25, 0.3) is 0 Å². The van der Waals surface area contributed by atoms with Gasteiger partial charge in [-0.15, -0.1) is 0 Å². The van der Waals surface area contributed by atoms with Gasteiger partial charge in [-0.2, -0.15) is 0 Å². The fourth-order valence-corrected chi connectivity index (χ4v) is 10.5. The summed E-state index contributed by atoms with van der Waals surface area (Å²) in [5.74, 6) is -10.1. The van der Waals surface area contributed by atoms with Gasteiger partial charge < -0.3 is 58.3 Å². The highest BCUT2D eigenvalue weighted by Gasteiger charge is 2.29. The molecule has 0 aliphatic rings. The van der Waals surface area contributed by atoms with Crippen LogP contribution in [0.3, 0.4) is 0 Å². The Morgan fingerprint density at radius 2 is 0.450 bits per heavy atom. The highest BCUT2D eigenvalue weighted by atomic mass is 16.6. The molecule has 0 radical (unpaired) electrons. The number of carbonyl (C=O) groups is 12. The van der Waals surface area contributed by atoms with E-state index in [9.17, 15) is 78.0 Å². The predicted molar refractivity (Wildman–Crippen MR) is 373 cm³/mol. The quantitative estimate of drug-likeness (QED) is 0.0271. The van der Waals surface area contributed by atoms with E-state index in [0.717, 1.165) is 127 Å². The summed E-state index contributed by atoms with van der Waals surface area (Å²) in [6.07, 6.45) is 23.4. The Labute approximate surface area is 591 Å². The first-order chi connectivity index (χ1) is 48.0. The molecule has 564 valence electrons. The molecule has 2 rings (SSSR count). The lowest BCUT2D eigenvalue weighted by molar-refractivity contribution is -0.146. The molecule has 0 spiro atoms. The number of hydrogen-bond acceptors (Lipinski definition) is 20. The van der Waals surface area contributed by atoms with E-state index in [1.165, 1.54) is 0 Å². The molecule has 24 heteroatoms. The lowest BCUT2D eigenvalue weighted by Crippen LogP contribution is -2.19. The van der Waals surface area contributed by atoms with Crippen LogP contribution < -0.4 is 0 Å². The maximum Gasteiger partial charge on any atom is 0.339 e. The average molecular weight is 1410 g/mol. The molecule has 0 bridgehead atoms. The molecule has 0 aromatic heterocycles. The number of carboxylic acid groups (broad SMARTS) is 4. The molecule has 0 aliphatic heterocycles. The van der Waals surface area contributed by atoms with Crippen LogP contribution in [0.4, 0.5) is 0 Å². The van der Waals surface area contributed by atoms with Gasteiger partial charge in [0.05, 0.1) is 97.4 Å². The van der Waals surface area contributed by atoms with Crippen molar-refractivity contribution in [2.45, 2.75) is 261 Å². The maximum atomic E-state index is 12.9. The molecule has 4 atom stereocenters. The van der Waals surface area contributed by atoms with Crippen molar-refractivity contribution in [3.63, 3.8) is 0 Å². The van der Waals surface area contributed by atoms with Gasteiger partial charge in [0.2, 0.25) is 0 Å². The molecule has 100 heavy (non-hydrogen) atoms. The van der Waals surface area contributed by atoms with Crippen molar-refractivity contribution in [3.8, 4) is 0 Å². The first-order valence-corrected chi connectivity index (χ1v) is 36.6. The number of hydrogen-bond donors (Lipinski definition) is 4. The van der Waals surface area contributed by atoms with Gasteiger partial charge in [-0.3, -0.25) is 19.2 Å². The van der Waals surface area contributed by atoms with Crippen molar-refractivity contribution < 1.29 is 116 Å². The Bertz CT molecular complexity index is 2640. The Kier molecular flexibility index (Phi) is 49.4. The molecule has 24 nitrogen and oxygen atoms in total. The standard InChI is InChI=1S/2C38H58O12/c1-5-9-17-27(7-3)25-49-33(39)19-13-11-15-21-47-37(45)31-23-30(36(43)44)32(24-29(31)35(41)42)38(46)48-22-16-12-14-20-34(40)50-26-28(8-4)18-10-6-2;1-5-9-17-27(7-3)25-49-33(39)19-13-11-15-21-47-37(45)31-24-32(30(36(43)44)23-29(31)35(41)42)38(46)48-22-16-12-14-20-34(40)50-26-28(8-4)18-10-6-2/h2*23-24,27-28H,5-22,25-26H2,1-4H3,(H,41,42)(H,43,44). The summed E-state index contributed by atoms with van der Waals surface area (Å²) in [6, 6.07) is 3.23. The zero-order valence-corrected chi connectivity index (χ0v) is 60.9. The molecule has 0 heterocycles. The van der Waals surface area contributed by atoms with Crippen molar-refractivity contribution in [2.24, 2.45) is 23.7 Å². The molecule has 0 amide bonds. The Balaban J connectivity index is 0.000001000. The van der Waals surface area contributed by atoms with Gasteiger partial charge in [0, 0.05) is 25.7 Å². The van der Waals surface area contributed by atoms with Gasteiger partial charge in [0.1, 0.15) is 0 Å². The zero-order valence-electron chi connectivity index (χ0n) is 60.9. The summed E-state index contributed by atoms with van der Waals surface area (Å²) < 4.78 is 42.4. The summed E-state index contributed by atoms with van der Waals surface area (Å²) in [5, 5.41) is 38.8. The number of carboxylic acids is 4. The Morgan fingerprint density at radius 1 is 0.260 bits per heavy atom. The molecule has 4 unspecified atom stereocenters. The second-order valence-electron chi connectivity index (χ2n) is 25.3. The molecule has 0 saturated carbocycles. The molecule has 2 aromatic rings. The first-order valence-electron chi connectivity index (χ1n) is 36.6. The van der Waals surface area contributed by atoms with Gasteiger partial charge in [-0.25, -0.2) is 38.4 Å². The van der Waals surface area contributed by atoms with Crippen LogP contribution in [0.2, 0.25) is 0 Å².